The van der Waals surface area contributed by atoms with Crippen molar-refractivity contribution < 1.29 is 9.53 Å². The van der Waals surface area contributed by atoms with E-state index in [4.69, 9.17) is 4.74 Å². The molecule has 5 heteroatoms. The zero-order valence-corrected chi connectivity index (χ0v) is 16.6. The minimum Gasteiger partial charge on any atom is -0.493 e. The van der Waals surface area contributed by atoms with Gasteiger partial charge in [-0.15, -0.1) is 0 Å². The van der Waals surface area contributed by atoms with Gasteiger partial charge in [0, 0.05) is 50.7 Å². The molecule has 0 bridgehead atoms. The first-order chi connectivity index (χ1) is 13.7. The molecule has 0 radical (unpaired) electrons. The Morgan fingerprint density at radius 2 is 1.82 bits per heavy atom. The number of carbonyl (C=O) groups is 1. The molecular weight excluding hydrogens is 350 g/mol. The number of carbonyl (C=O) groups excluding carboxylic acids is 1. The van der Waals surface area contributed by atoms with E-state index in [0.29, 0.717) is 19.1 Å². The fraction of sp³-hybridized carbons (Fsp3) is 0.435. The summed E-state index contributed by atoms with van der Waals surface area (Å²) in [6.45, 7) is 6.69. The predicted molar refractivity (Wildman–Crippen MR) is 111 cm³/mol. The lowest BCUT2D eigenvalue weighted by atomic mass is 9.96. The van der Waals surface area contributed by atoms with Gasteiger partial charge in [0.05, 0.1) is 6.61 Å². The third kappa shape index (κ3) is 4.72. The molecule has 1 saturated heterocycles. The smallest absolute Gasteiger partial charge is 0.251 e. The van der Waals surface area contributed by atoms with Crippen LogP contribution in [-0.2, 0) is 13.0 Å². The van der Waals surface area contributed by atoms with E-state index in [9.17, 15) is 4.79 Å². The van der Waals surface area contributed by atoms with Crippen LogP contribution in [-0.4, -0.2) is 62.1 Å². The summed E-state index contributed by atoms with van der Waals surface area (Å²) in [6.07, 6.45) is 0.945. The maximum Gasteiger partial charge on any atom is 0.251 e. The predicted octanol–water partition coefficient (Wildman–Crippen LogP) is 2.42. The summed E-state index contributed by atoms with van der Waals surface area (Å²) in [5.74, 6) is 1.28. The van der Waals surface area contributed by atoms with Gasteiger partial charge < -0.3 is 15.0 Å². The minimum atomic E-state index is -0.00925. The molecule has 2 aliphatic rings. The van der Waals surface area contributed by atoms with E-state index < -0.39 is 0 Å². The molecule has 0 unspecified atom stereocenters. The summed E-state index contributed by atoms with van der Waals surface area (Å²) in [4.78, 5) is 17.3. The van der Waals surface area contributed by atoms with E-state index in [1.165, 1.54) is 11.1 Å². The Balaban J connectivity index is 1.26. The Labute approximate surface area is 167 Å². The van der Waals surface area contributed by atoms with Crippen molar-refractivity contribution in [3.63, 3.8) is 0 Å². The van der Waals surface area contributed by atoms with Crippen LogP contribution in [0, 0.1) is 5.92 Å². The van der Waals surface area contributed by atoms with E-state index in [1.807, 2.05) is 30.3 Å². The molecule has 0 spiro atoms. The van der Waals surface area contributed by atoms with E-state index in [0.717, 1.165) is 50.5 Å². The highest BCUT2D eigenvalue weighted by Gasteiger charge is 2.20. The summed E-state index contributed by atoms with van der Waals surface area (Å²) >= 11 is 0. The minimum absolute atomic E-state index is 0.00925. The van der Waals surface area contributed by atoms with Gasteiger partial charge in [0.25, 0.3) is 5.91 Å². The fourth-order valence-corrected chi connectivity index (χ4v) is 3.89. The van der Waals surface area contributed by atoms with Gasteiger partial charge in [0.15, 0.2) is 0 Å². The van der Waals surface area contributed by atoms with Gasteiger partial charge in [-0.2, -0.15) is 0 Å². The van der Waals surface area contributed by atoms with Gasteiger partial charge in [-0.25, -0.2) is 0 Å². The lowest BCUT2D eigenvalue weighted by Gasteiger charge is -2.32. The number of nitrogens with zero attached hydrogens (tertiary/aromatic N) is 2. The molecule has 0 saturated carbocycles. The van der Waals surface area contributed by atoms with Gasteiger partial charge in [0.1, 0.15) is 5.75 Å². The lowest BCUT2D eigenvalue weighted by Crippen LogP contribution is -2.43. The van der Waals surface area contributed by atoms with Gasteiger partial charge >= 0.3 is 0 Å². The highest BCUT2D eigenvalue weighted by Crippen LogP contribution is 2.26. The molecule has 2 aromatic rings. The third-order valence-corrected chi connectivity index (χ3v) is 5.73. The zero-order valence-electron chi connectivity index (χ0n) is 16.6. The fourth-order valence-electron chi connectivity index (χ4n) is 3.89. The van der Waals surface area contributed by atoms with Crippen LogP contribution in [0.4, 0.5) is 0 Å². The number of fused-ring (bicyclic) bond motifs is 1. The molecule has 1 amide bonds. The average molecular weight is 380 g/mol. The van der Waals surface area contributed by atoms with Crippen LogP contribution in [0.5, 0.6) is 5.75 Å². The van der Waals surface area contributed by atoms with Crippen LogP contribution in [0.15, 0.2) is 48.5 Å². The maximum atomic E-state index is 12.5. The molecule has 2 heterocycles. The number of amides is 1. The topological polar surface area (TPSA) is 44.8 Å². The molecule has 0 aromatic heterocycles. The first-order valence-corrected chi connectivity index (χ1v) is 10.2. The number of nitrogens with one attached hydrogen (secondary N) is 1. The molecule has 4 rings (SSSR count). The maximum absolute atomic E-state index is 12.5. The van der Waals surface area contributed by atoms with Crippen LogP contribution in [0.1, 0.15) is 21.5 Å². The third-order valence-electron chi connectivity index (χ3n) is 5.73. The summed E-state index contributed by atoms with van der Waals surface area (Å²) in [7, 11) is 2.17. The first-order valence-electron chi connectivity index (χ1n) is 10.2. The van der Waals surface area contributed by atoms with Crippen molar-refractivity contribution in [2.75, 3.05) is 46.4 Å². The standard InChI is InChI=1S/C23H29N3O2/c1-25-10-12-26(13-11-25)16-18-6-8-20(9-7-18)23(27)24-15-19-14-21-4-2-3-5-22(21)28-17-19/h2-9,19H,10-17H2,1H3,(H,24,27)/t19-/m1/s1. The second kappa shape index (κ2) is 8.76. The Morgan fingerprint density at radius 3 is 2.61 bits per heavy atom. The molecule has 28 heavy (non-hydrogen) atoms. The number of hydrogen-bond donors (Lipinski definition) is 1. The number of benzene rings is 2. The van der Waals surface area contributed by atoms with Gasteiger partial charge in [-0.3, -0.25) is 9.69 Å². The highest BCUT2D eigenvalue weighted by molar-refractivity contribution is 5.94. The molecule has 148 valence electrons. The SMILES string of the molecule is CN1CCN(Cc2ccc(C(=O)NC[C@@H]3COc4ccccc4C3)cc2)CC1. The first kappa shape index (κ1) is 19.0. The van der Waals surface area contributed by atoms with Crippen molar-refractivity contribution in [1.29, 1.82) is 0 Å². The van der Waals surface area contributed by atoms with Gasteiger partial charge in [-0.05, 0) is 42.8 Å². The summed E-state index contributed by atoms with van der Waals surface area (Å²) in [5.41, 5.74) is 3.21. The second-order valence-electron chi connectivity index (χ2n) is 7.98. The summed E-state index contributed by atoms with van der Waals surface area (Å²) < 4.78 is 5.81. The monoisotopic (exact) mass is 379 g/mol. The second-order valence-corrected chi connectivity index (χ2v) is 7.98. The molecular formula is C23H29N3O2. The number of likely N-dealkylation sites (N-methyl/N-ethyl adjacent to an activating group) is 1. The summed E-state index contributed by atoms with van der Waals surface area (Å²) in [6, 6.07) is 16.2. The number of rotatable bonds is 5. The number of para-hydroxylation sites is 1. The van der Waals surface area contributed by atoms with Gasteiger partial charge in [-0.1, -0.05) is 30.3 Å². The van der Waals surface area contributed by atoms with Crippen LogP contribution in [0.3, 0.4) is 0 Å². The molecule has 1 fully saturated rings. The van der Waals surface area contributed by atoms with Crippen molar-refractivity contribution in [3.8, 4) is 5.75 Å². The number of hydrogen-bond acceptors (Lipinski definition) is 4. The van der Waals surface area contributed by atoms with Crippen LogP contribution >= 0.6 is 0 Å². The van der Waals surface area contributed by atoms with E-state index in [2.05, 4.69) is 40.4 Å². The highest BCUT2D eigenvalue weighted by atomic mass is 16.5. The van der Waals surface area contributed by atoms with Gasteiger partial charge in [0.2, 0.25) is 0 Å². The molecule has 5 nitrogen and oxygen atoms in total. The zero-order chi connectivity index (χ0) is 19.3. The molecule has 1 N–H and O–H groups in total. The number of piperazine rings is 1. The van der Waals surface area contributed by atoms with Crippen LogP contribution < -0.4 is 10.1 Å². The average Bonchev–Trinajstić information content (AvgIpc) is 2.74. The van der Waals surface area contributed by atoms with Crippen molar-refractivity contribution in [2.45, 2.75) is 13.0 Å². The number of ether oxygens (including phenoxy) is 1. The van der Waals surface area contributed by atoms with Crippen molar-refractivity contribution in [3.05, 3.63) is 65.2 Å². The van der Waals surface area contributed by atoms with E-state index in [-0.39, 0.29) is 5.91 Å². The largest absolute Gasteiger partial charge is 0.493 e. The van der Waals surface area contributed by atoms with Crippen molar-refractivity contribution >= 4 is 5.91 Å². The van der Waals surface area contributed by atoms with E-state index >= 15 is 0 Å². The Hall–Kier alpha value is -2.37. The molecule has 0 aliphatic carbocycles. The van der Waals surface area contributed by atoms with Crippen molar-refractivity contribution in [2.24, 2.45) is 5.92 Å². The molecule has 2 aliphatic heterocycles. The van der Waals surface area contributed by atoms with Crippen molar-refractivity contribution in [1.82, 2.24) is 15.1 Å². The summed E-state index contributed by atoms with van der Waals surface area (Å²) in [5, 5.41) is 3.07. The quantitative estimate of drug-likeness (QED) is 0.867. The Morgan fingerprint density at radius 1 is 1.07 bits per heavy atom. The van der Waals surface area contributed by atoms with Crippen LogP contribution in [0.2, 0.25) is 0 Å². The Kier molecular flexibility index (Phi) is 5.93. The molecule has 2 aromatic carbocycles. The molecule has 1 atom stereocenters. The normalized spacial score (nSPS) is 20.2. The lowest BCUT2D eigenvalue weighted by molar-refractivity contribution is 0.0939. The van der Waals surface area contributed by atoms with E-state index in [1.54, 1.807) is 0 Å². The van der Waals surface area contributed by atoms with Crippen LogP contribution in [0.25, 0.3) is 0 Å². The Bertz CT molecular complexity index is 798.